The number of hydrogen-bond acceptors (Lipinski definition) is 3. The van der Waals surface area contributed by atoms with Gasteiger partial charge in [0.15, 0.2) is 5.96 Å². The number of nitrogens with one attached hydrogen (secondary N) is 1. The third-order valence-corrected chi connectivity index (χ3v) is 3.93. The Hall–Kier alpha value is -2.05. The van der Waals surface area contributed by atoms with E-state index >= 15 is 0 Å². The standard InChI is InChI=1S/C15H26N6O/c1-17-15(18-6-3-9-21-10-4-7-19-21)20-8-2-5-13(12-20)11-14(16)22/h4,7,10,13H,2-3,5-6,8-9,11-12H2,1H3,(H2,16,22)(H,17,18). The van der Waals surface area contributed by atoms with E-state index in [0.717, 1.165) is 51.4 Å². The molecule has 1 saturated heterocycles. The van der Waals surface area contributed by atoms with E-state index in [2.05, 4.69) is 20.3 Å². The summed E-state index contributed by atoms with van der Waals surface area (Å²) in [6.07, 6.45) is 7.35. The van der Waals surface area contributed by atoms with Crippen LogP contribution in [0.15, 0.2) is 23.5 Å². The van der Waals surface area contributed by atoms with Gasteiger partial charge in [0.2, 0.25) is 5.91 Å². The molecule has 0 radical (unpaired) electrons. The van der Waals surface area contributed by atoms with Gasteiger partial charge in [0.1, 0.15) is 0 Å². The molecule has 0 aromatic carbocycles. The summed E-state index contributed by atoms with van der Waals surface area (Å²) < 4.78 is 1.92. The van der Waals surface area contributed by atoms with Crippen LogP contribution in [0.3, 0.4) is 0 Å². The fourth-order valence-corrected chi connectivity index (χ4v) is 2.91. The van der Waals surface area contributed by atoms with Crippen LogP contribution in [0, 0.1) is 5.92 Å². The van der Waals surface area contributed by atoms with Crippen molar-refractivity contribution in [3.8, 4) is 0 Å². The molecule has 1 unspecified atom stereocenters. The molecule has 0 aliphatic carbocycles. The van der Waals surface area contributed by atoms with Gasteiger partial charge >= 0.3 is 0 Å². The number of aryl methyl sites for hydroxylation is 1. The summed E-state index contributed by atoms with van der Waals surface area (Å²) in [6.45, 7) is 3.57. The lowest BCUT2D eigenvalue weighted by molar-refractivity contribution is -0.119. The Morgan fingerprint density at radius 3 is 3.09 bits per heavy atom. The first-order valence-corrected chi connectivity index (χ1v) is 7.90. The molecule has 1 aliphatic rings. The molecule has 122 valence electrons. The molecule has 1 aliphatic heterocycles. The third-order valence-electron chi connectivity index (χ3n) is 3.93. The van der Waals surface area contributed by atoms with E-state index in [-0.39, 0.29) is 5.91 Å². The predicted octanol–water partition coefficient (Wildman–Crippen LogP) is 0.436. The van der Waals surface area contributed by atoms with Gasteiger partial charge in [-0.15, -0.1) is 0 Å². The molecule has 2 heterocycles. The van der Waals surface area contributed by atoms with Gasteiger partial charge in [-0.25, -0.2) is 0 Å². The van der Waals surface area contributed by atoms with Crippen LogP contribution in [-0.2, 0) is 11.3 Å². The number of nitrogens with zero attached hydrogens (tertiary/aromatic N) is 4. The van der Waals surface area contributed by atoms with Crippen molar-refractivity contribution in [3.05, 3.63) is 18.5 Å². The van der Waals surface area contributed by atoms with Crippen molar-refractivity contribution in [2.45, 2.75) is 32.2 Å². The van der Waals surface area contributed by atoms with E-state index in [1.807, 2.05) is 16.9 Å². The molecule has 1 aromatic rings. The van der Waals surface area contributed by atoms with Crippen LogP contribution in [0.2, 0.25) is 0 Å². The molecular weight excluding hydrogens is 280 g/mol. The Labute approximate surface area is 131 Å². The van der Waals surface area contributed by atoms with E-state index < -0.39 is 0 Å². The maximum atomic E-state index is 11.1. The lowest BCUT2D eigenvalue weighted by Gasteiger charge is -2.34. The summed E-state index contributed by atoms with van der Waals surface area (Å²) in [5.74, 6) is 1.04. The van der Waals surface area contributed by atoms with Gasteiger partial charge in [0.05, 0.1) is 0 Å². The topological polar surface area (TPSA) is 88.5 Å². The maximum Gasteiger partial charge on any atom is 0.217 e. The first-order chi connectivity index (χ1) is 10.7. The first-order valence-electron chi connectivity index (χ1n) is 7.90. The summed E-state index contributed by atoms with van der Waals surface area (Å²) in [5.41, 5.74) is 5.31. The molecule has 1 aromatic heterocycles. The summed E-state index contributed by atoms with van der Waals surface area (Å²) in [5, 5.41) is 7.58. The van der Waals surface area contributed by atoms with Crippen LogP contribution < -0.4 is 11.1 Å². The zero-order chi connectivity index (χ0) is 15.8. The Balaban J connectivity index is 1.74. The number of rotatable bonds is 6. The minimum Gasteiger partial charge on any atom is -0.370 e. The van der Waals surface area contributed by atoms with Crippen LogP contribution in [-0.4, -0.2) is 53.2 Å². The van der Waals surface area contributed by atoms with Crippen molar-refractivity contribution >= 4 is 11.9 Å². The van der Waals surface area contributed by atoms with E-state index in [1.54, 1.807) is 13.2 Å². The summed E-state index contributed by atoms with van der Waals surface area (Å²) in [7, 11) is 1.80. The number of aromatic nitrogens is 2. The Morgan fingerprint density at radius 1 is 1.55 bits per heavy atom. The number of piperidine rings is 1. The smallest absolute Gasteiger partial charge is 0.217 e. The summed E-state index contributed by atoms with van der Waals surface area (Å²) in [4.78, 5) is 17.7. The molecule has 0 saturated carbocycles. The highest BCUT2D eigenvalue weighted by Gasteiger charge is 2.23. The lowest BCUT2D eigenvalue weighted by atomic mass is 9.95. The van der Waals surface area contributed by atoms with E-state index in [9.17, 15) is 4.79 Å². The zero-order valence-corrected chi connectivity index (χ0v) is 13.2. The van der Waals surface area contributed by atoms with Crippen LogP contribution in [0.1, 0.15) is 25.7 Å². The number of carbonyl (C=O) groups is 1. The Bertz CT molecular complexity index is 484. The lowest BCUT2D eigenvalue weighted by Crippen LogP contribution is -2.47. The fourth-order valence-electron chi connectivity index (χ4n) is 2.91. The van der Waals surface area contributed by atoms with Crippen molar-refractivity contribution in [1.29, 1.82) is 0 Å². The van der Waals surface area contributed by atoms with E-state index in [1.165, 1.54) is 0 Å². The fraction of sp³-hybridized carbons (Fsp3) is 0.667. The van der Waals surface area contributed by atoms with Crippen molar-refractivity contribution in [3.63, 3.8) is 0 Å². The Kier molecular flexibility index (Phi) is 6.24. The van der Waals surface area contributed by atoms with Gasteiger partial charge in [-0.3, -0.25) is 14.5 Å². The number of primary amides is 1. The minimum absolute atomic E-state index is 0.214. The monoisotopic (exact) mass is 306 g/mol. The molecular formula is C15H26N6O. The average Bonchev–Trinajstić information content (AvgIpc) is 3.00. The number of likely N-dealkylation sites (tertiary alicyclic amines) is 1. The minimum atomic E-state index is -0.214. The number of amides is 1. The van der Waals surface area contributed by atoms with Gasteiger partial charge in [0, 0.05) is 52.0 Å². The van der Waals surface area contributed by atoms with Gasteiger partial charge in [0.25, 0.3) is 0 Å². The zero-order valence-electron chi connectivity index (χ0n) is 13.2. The molecule has 1 atom stereocenters. The maximum absolute atomic E-state index is 11.1. The van der Waals surface area contributed by atoms with Crippen LogP contribution in [0.25, 0.3) is 0 Å². The second-order valence-corrected chi connectivity index (χ2v) is 5.72. The predicted molar refractivity (Wildman–Crippen MR) is 86.3 cm³/mol. The average molecular weight is 306 g/mol. The second-order valence-electron chi connectivity index (χ2n) is 5.72. The molecule has 0 bridgehead atoms. The van der Waals surface area contributed by atoms with Gasteiger partial charge in [-0.05, 0) is 31.2 Å². The molecule has 7 nitrogen and oxygen atoms in total. The van der Waals surface area contributed by atoms with Gasteiger partial charge in [-0.2, -0.15) is 5.10 Å². The SMILES string of the molecule is CN=C(NCCCn1cccn1)N1CCCC(CC(N)=O)C1. The normalized spacial score (nSPS) is 19.2. The highest BCUT2D eigenvalue weighted by atomic mass is 16.1. The Morgan fingerprint density at radius 2 is 2.41 bits per heavy atom. The quantitative estimate of drug-likeness (QED) is 0.453. The molecule has 3 N–H and O–H groups in total. The molecule has 1 fully saturated rings. The number of carbonyl (C=O) groups excluding carboxylic acids is 1. The van der Waals surface area contributed by atoms with Crippen molar-refractivity contribution < 1.29 is 4.79 Å². The summed E-state index contributed by atoms with van der Waals surface area (Å²) in [6, 6.07) is 1.93. The van der Waals surface area contributed by atoms with Crippen molar-refractivity contribution in [1.82, 2.24) is 20.0 Å². The first kappa shape index (κ1) is 16.3. The molecule has 1 amide bonds. The van der Waals surface area contributed by atoms with Crippen LogP contribution in [0.5, 0.6) is 0 Å². The summed E-state index contributed by atoms with van der Waals surface area (Å²) >= 11 is 0. The van der Waals surface area contributed by atoms with Crippen molar-refractivity contribution in [2.75, 3.05) is 26.7 Å². The number of nitrogens with two attached hydrogens (primary N) is 1. The number of guanidine groups is 1. The highest BCUT2D eigenvalue weighted by molar-refractivity contribution is 5.80. The molecule has 22 heavy (non-hydrogen) atoms. The molecule has 0 spiro atoms. The van der Waals surface area contributed by atoms with Gasteiger partial charge < -0.3 is 16.0 Å². The second kappa shape index (κ2) is 8.41. The van der Waals surface area contributed by atoms with Crippen LogP contribution >= 0.6 is 0 Å². The van der Waals surface area contributed by atoms with Crippen LogP contribution in [0.4, 0.5) is 0 Å². The van der Waals surface area contributed by atoms with Gasteiger partial charge in [-0.1, -0.05) is 0 Å². The molecule has 2 rings (SSSR count). The molecule has 7 heteroatoms. The van der Waals surface area contributed by atoms with Crippen molar-refractivity contribution in [2.24, 2.45) is 16.6 Å². The number of aliphatic imine (C=N–C) groups is 1. The largest absolute Gasteiger partial charge is 0.370 e. The third kappa shape index (κ3) is 5.05. The number of hydrogen-bond donors (Lipinski definition) is 2. The van der Waals surface area contributed by atoms with E-state index in [4.69, 9.17) is 5.73 Å². The highest BCUT2D eigenvalue weighted by Crippen LogP contribution is 2.19. The van der Waals surface area contributed by atoms with E-state index in [0.29, 0.717) is 12.3 Å².